The Morgan fingerprint density at radius 1 is 1.52 bits per heavy atom. The number of hydrogen-bond donors (Lipinski definition) is 2. The van der Waals surface area contributed by atoms with Crippen molar-refractivity contribution in [2.75, 3.05) is 11.9 Å². The van der Waals surface area contributed by atoms with Gasteiger partial charge in [-0.15, -0.1) is 0 Å². The van der Waals surface area contributed by atoms with Crippen LogP contribution in [0.1, 0.15) is 23.7 Å². The van der Waals surface area contributed by atoms with Gasteiger partial charge in [-0.25, -0.2) is 14.2 Å². The van der Waals surface area contributed by atoms with E-state index in [-0.39, 0.29) is 29.0 Å². The fourth-order valence-electron chi connectivity index (χ4n) is 1.84. The molecule has 1 heterocycles. The molecule has 0 bridgehead atoms. The van der Waals surface area contributed by atoms with E-state index < -0.39 is 11.8 Å². The second-order valence-electron chi connectivity index (χ2n) is 4.66. The molecule has 25 heavy (non-hydrogen) atoms. The van der Waals surface area contributed by atoms with Gasteiger partial charge in [0.2, 0.25) is 5.28 Å². The van der Waals surface area contributed by atoms with E-state index in [1.807, 2.05) is 0 Å². The lowest BCUT2D eigenvalue weighted by Crippen LogP contribution is -2.10. The molecule has 0 amide bonds. The highest BCUT2D eigenvalue weighted by molar-refractivity contribution is 6.28. The third-order valence-electron chi connectivity index (χ3n) is 2.92. The molecule has 1 aromatic carbocycles. The molecule has 0 fully saturated rings. The van der Waals surface area contributed by atoms with Gasteiger partial charge in [0, 0.05) is 30.7 Å². The van der Waals surface area contributed by atoms with Crippen LogP contribution >= 0.6 is 11.6 Å². The molecule has 7 nitrogen and oxygen atoms in total. The summed E-state index contributed by atoms with van der Waals surface area (Å²) < 4.78 is 19.0. The van der Waals surface area contributed by atoms with E-state index >= 15 is 0 Å². The van der Waals surface area contributed by atoms with Crippen molar-refractivity contribution in [3.8, 4) is 0 Å². The molecule has 0 aliphatic rings. The van der Waals surface area contributed by atoms with Crippen LogP contribution in [0.2, 0.25) is 5.28 Å². The molecule has 0 spiro atoms. The number of ether oxygens (including phenoxy) is 1. The Bertz CT molecular complexity index is 813. The van der Waals surface area contributed by atoms with Gasteiger partial charge in [0.15, 0.2) is 5.82 Å². The predicted molar refractivity (Wildman–Crippen MR) is 94.2 cm³/mol. The second kappa shape index (κ2) is 8.84. The maximum absolute atomic E-state index is 14.1. The molecule has 0 saturated carbocycles. The van der Waals surface area contributed by atoms with E-state index in [1.165, 1.54) is 24.5 Å². The van der Waals surface area contributed by atoms with Gasteiger partial charge in [0.25, 0.3) is 0 Å². The van der Waals surface area contributed by atoms with Crippen LogP contribution in [0, 0.1) is 11.2 Å². The Hall–Kier alpha value is -2.87. The quantitative estimate of drug-likeness (QED) is 0.441. The number of rotatable bonds is 7. The number of nitrogens with one attached hydrogen (secondary N) is 2. The van der Waals surface area contributed by atoms with Gasteiger partial charge in [0.05, 0.1) is 12.3 Å². The van der Waals surface area contributed by atoms with Crippen molar-refractivity contribution in [3.63, 3.8) is 0 Å². The lowest BCUT2D eigenvalue weighted by Gasteiger charge is -2.10. The van der Waals surface area contributed by atoms with E-state index in [0.29, 0.717) is 12.1 Å². The maximum Gasteiger partial charge on any atom is 0.343 e. The summed E-state index contributed by atoms with van der Waals surface area (Å²) in [7, 11) is 0. The highest BCUT2D eigenvalue weighted by Crippen LogP contribution is 2.25. The molecular formula is C16H15ClFN5O2. The summed E-state index contributed by atoms with van der Waals surface area (Å²) >= 11 is 5.77. The van der Waals surface area contributed by atoms with E-state index in [4.69, 9.17) is 21.7 Å². The first-order valence-electron chi connectivity index (χ1n) is 7.32. The standard InChI is InChI=1S/C16H15ClFN5O2/c1-2-25-15(24)11-9-21-16(17)23-14(11)22-10-4-5-13(12(18)8-10)20-7-3-6-19/h4-9,19H,2-3H2,1H3,(H,21,22,23). The summed E-state index contributed by atoms with van der Waals surface area (Å²) in [6.07, 6.45) is 4.15. The molecule has 0 atom stereocenters. The van der Waals surface area contributed by atoms with Crippen molar-refractivity contribution < 1.29 is 13.9 Å². The molecule has 0 unspecified atom stereocenters. The molecule has 9 heteroatoms. The van der Waals surface area contributed by atoms with Gasteiger partial charge in [-0.3, -0.25) is 4.99 Å². The number of aromatic nitrogens is 2. The number of esters is 1. The predicted octanol–water partition coefficient (Wildman–Crippen LogP) is 3.93. The SMILES string of the molecule is CCOC(=O)c1cnc(Cl)nc1Nc1ccc(N=CCC=N)c(F)c1. The first-order chi connectivity index (χ1) is 12.0. The van der Waals surface area contributed by atoms with E-state index in [0.717, 1.165) is 6.21 Å². The molecule has 0 aliphatic heterocycles. The highest BCUT2D eigenvalue weighted by Gasteiger charge is 2.16. The number of carbonyl (C=O) groups excluding carboxylic acids is 1. The van der Waals surface area contributed by atoms with Crippen molar-refractivity contribution in [2.24, 2.45) is 4.99 Å². The van der Waals surface area contributed by atoms with E-state index in [1.54, 1.807) is 13.0 Å². The molecule has 0 radical (unpaired) electrons. The number of nitrogens with zero attached hydrogens (tertiary/aromatic N) is 3. The van der Waals surface area contributed by atoms with Crippen molar-refractivity contribution in [1.82, 2.24) is 9.97 Å². The number of benzene rings is 1. The van der Waals surface area contributed by atoms with E-state index in [2.05, 4.69) is 20.3 Å². The zero-order valence-corrected chi connectivity index (χ0v) is 14.0. The van der Waals surface area contributed by atoms with Crippen LogP contribution in [-0.2, 0) is 4.74 Å². The summed E-state index contributed by atoms with van der Waals surface area (Å²) in [6, 6.07) is 4.25. The van der Waals surface area contributed by atoms with Gasteiger partial charge >= 0.3 is 5.97 Å². The Morgan fingerprint density at radius 2 is 2.32 bits per heavy atom. The van der Waals surface area contributed by atoms with Gasteiger partial charge in [-0.05, 0) is 36.7 Å². The Balaban J connectivity index is 2.27. The Kier molecular flexibility index (Phi) is 6.53. The van der Waals surface area contributed by atoms with Gasteiger partial charge < -0.3 is 15.5 Å². The van der Waals surface area contributed by atoms with Crippen LogP contribution < -0.4 is 5.32 Å². The summed E-state index contributed by atoms with van der Waals surface area (Å²) in [6.45, 7) is 1.87. The van der Waals surface area contributed by atoms with Crippen LogP contribution in [0.5, 0.6) is 0 Å². The maximum atomic E-state index is 14.1. The smallest absolute Gasteiger partial charge is 0.343 e. The lowest BCUT2D eigenvalue weighted by atomic mass is 10.2. The topological polar surface area (TPSA) is 100 Å². The fourth-order valence-corrected chi connectivity index (χ4v) is 1.98. The Morgan fingerprint density at radius 3 is 3.00 bits per heavy atom. The summed E-state index contributed by atoms with van der Waals surface area (Å²) in [5.74, 6) is -1.07. The monoisotopic (exact) mass is 363 g/mol. The average molecular weight is 364 g/mol. The molecule has 2 N–H and O–H groups in total. The van der Waals surface area contributed by atoms with Gasteiger partial charge in [-0.2, -0.15) is 4.98 Å². The van der Waals surface area contributed by atoms with Crippen LogP contribution in [-0.4, -0.2) is 35.0 Å². The van der Waals surface area contributed by atoms with Gasteiger partial charge in [-0.1, -0.05) is 0 Å². The third-order valence-corrected chi connectivity index (χ3v) is 3.10. The normalized spacial score (nSPS) is 10.7. The molecule has 130 valence electrons. The zero-order valence-electron chi connectivity index (χ0n) is 13.3. The minimum atomic E-state index is -0.616. The van der Waals surface area contributed by atoms with E-state index in [9.17, 15) is 9.18 Å². The van der Waals surface area contributed by atoms with Crippen LogP contribution in [0.4, 0.5) is 21.6 Å². The van der Waals surface area contributed by atoms with Crippen molar-refractivity contribution in [3.05, 3.63) is 41.1 Å². The third kappa shape index (κ3) is 5.05. The van der Waals surface area contributed by atoms with Crippen LogP contribution in [0.3, 0.4) is 0 Å². The summed E-state index contributed by atoms with van der Waals surface area (Å²) in [4.78, 5) is 23.6. The lowest BCUT2D eigenvalue weighted by molar-refractivity contribution is 0.0526. The summed E-state index contributed by atoms with van der Waals surface area (Å²) in [5.41, 5.74) is 0.572. The second-order valence-corrected chi connectivity index (χ2v) is 5.00. The number of hydrogen-bond acceptors (Lipinski definition) is 7. The van der Waals surface area contributed by atoms with Crippen molar-refractivity contribution >= 4 is 47.2 Å². The van der Waals surface area contributed by atoms with Crippen LogP contribution in [0.15, 0.2) is 29.4 Å². The molecule has 0 saturated heterocycles. The fraction of sp³-hybridized carbons (Fsp3) is 0.188. The Labute approximate surface area is 148 Å². The minimum absolute atomic E-state index is 0.0658. The largest absolute Gasteiger partial charge is 0.462 e. The molecule has 2 aromatic rings. The first-order valence-corrected chi connectivity index (χ1v) is 7.70. The molecule has 2 rings (SSSR count). The van der Waals surface area contributed by atoms with Gasteiger partial charge in [0.1, 0.15) is 11.4 Å². The van der Waals surface area contributed by atoms with Crippen molar-refractivity contribution in [2.45, 2.75) is 13.3 Å². The molecular weight excluding hydrogens is 349 g/mol. The zero-order chi connectivity index (χ0) is 18.2. The number of anilines is 2. The van der Waals surface area contributed by atoms with Crippen molar-refractivity contribution in [1.29, 1.82) is 5.41 Å². The minimum Gasteiger partial charge on any atom is -0.462 e. The highest BCUT2D eigenvalue weighted by atomic mass is 35.5. The molecule has 0 aliphatic carbocycles. The average Bonchev–Trinajstić information content (AvgIpc) is 2.57. The molecule has 1 aromatic heterocycles. The first kappa shape index (κ1) is 18.5. The number of carbonyl (C=O) groups is 1. The number of halogens is 2. The number of aliphatic imine (C=N–C) groups is 1. The van der Waals surface area contributed by atoms with Crippen LogP contribution in [0.25, 0.3) is 0 Å². The summed E-state index contributed by atoms with van der Waals surface area (Å²) in [5, 5.41) is 9.66.